The highest BCUT2D eigenvalue weighted by molar-refractivity contribution is 5.78. The Morgan fingerprint density at radius 2 is 2.47 bits per heavy atom. The molecule has 0 spiro atoms. The van der Waals surface area contributed by atoms with Gasteiger partial charge in [-0.25, -0.2) is 0 Å². The Morgan fingerprint density at radius 3 is 3.00 bits per heavy atom. The van der Waals surface area contributed by atoms with Gasteiger partial charge in [-0.05, 0) is 31.9 Å². The maximum absolute atomic E-state index is 5.92. The second-order valence-electron chi connectivity index (χ2n) is 3.77. The van der Waals surface area contributed by atoms with E-state index in [1.165, 1.54) is 12.8 Å². The van der Waals surface area contributed by atoms with Crippen LogP contribution in [0.1, 0.15) is 25.5 Å². The first kappa shape index (κ1) is 10.1. The summed E-state index contributed by atoms with van der Waals surface area (Å²) in [7, 11) is 0. The van der Waals surface area contributed by atoms with Crippen molar-refractivity contribution in [1.82, 2.24) is 4.90 Å². The summed E-state index contributed by atoms with van der Waals surface area (Å²) in [6.45, 7) is 3.45. The fraction of sp³-hybridized carbons (Fsp3) is 0.545. The van der Waals surface area contributed by atoms with Gasteiger partial charge >= 0.3 is 0 Å². The second kappa shape index (κ2) is 4.38. The molecule has 15 heavy (non-hydrogen) atoms. The van der Waals surface area contributed by atoms with E-state index in [0.29, 0.717) is 12.0 Å². The Morgan fingerprint density at radius 1 is 1.67 bits per heavy atom. The summed E-state index contributed by atoms with van der Waals surface area (Å²) in [6, 6.07) is 4.42. The van der Waals surface area contributed by atoms with Crippen molar-refractivity contribution in [3.05, 3.63) is 24.2 Å². The van der Waals surface area contributed by atoms with Crippen LogP contribution >= 0.6 is 0 Å². The molecular weight excluding hydrogens is 190 g/mol. The molecule has 0 unspecified atom stereocenters. The van der Waals surface area contributed by atoms with Gasteiger partial charge in [0.05, 0.1) is 12.8 Å². The van der Waals surface area contributed by atoms with Crippen molar-refractivity contribution in [2.45, 2.75) is 32.4 Å². The molecule has 0 radical (unpaired) electrons. The van der Waals surface area contributed by atoms with Gasteiger partial charge in [0.25, 0.3) is 0 Å². The molecule has 0 aromatic carbocycles. The molecule has 2 N–H and O–H groups in total. The van der Waals surface area contributed by atoms with Crippen LogP contribution < -0.4 is 5.73 Å². The highest BCUT2D eigenvalue weighted by atomic mass is 16.3. The van der Waals surface area contributed by atoms with Gasteiger partial charge in [-0.1, -0.05) is 0 Å². The van der Waals surface area contributed by atoms with Crippen LogP contribution in [-0.4, -0.2) is 23.4 Å². The van der Waals surface area contributed by atoms with Crippen LogP contribution in [0.4, 0.5) is 0 Å². The molecule has 4 heteroatoms. The number of guanidine groups is 1. The molecule has 1 aromatic heterocycles. The van der Waals surface area contributed by atoms with Gasteiger partial charge in [-0.15, -0.1) is 0 Å². The molecule has 0 amide bonds. The first-order valence-corrected chi connectivity index (χ1v) is 5.40. The van der Waals surface area contributed by atoms with Gasteiger partial charge in [-0.2, -0.15) is 0 Å². The number of hydrogen-bond donors (Lipinski definition) is 1. The largest absolute Gasteiger partial charge is 0.467 e. The number of nitrogens with zero attached hydrogens (tertiary/aromatic N) is 2. The third kappa shape index (κ3) is 2.52. The van der Waals surface area contributed by atoms with Crippen molar-refractivity contribution in [1.29, 1.82) is 0 Å². The minimum absolute atomic E-state index is 0.561. The zero-order valence-electron chi connectivity index (χ0n) is 9.02. The van der Waals surface area contributed by atoms with E-state index in [9.17, 15) is 0 Å². The smallest absolute Gasteiger partial charge is 0.191 e. The number of furan rings is 1. The molecule has 1 saturated carbocycles. The van der Waals surface area contributed by atoms with Crippen LogP contribution in [0.3, 0.4) is 0 Å². The van der Waals surface area contributed by atoms with E-state index < -0.39 is 0 Å². The number of nitrogens with two attached hydrogens (primary N) is 1. The molecule has 1 aromatic rings. The minimum atomic E-state index is 0.561. The molecule has 1 fully saturated rings. The lowest BCUT2D eigenvalue weighted by molar-refractivity contribution is 0.349. The van der Waals surface area contributed by atoms with E-state index >= 15 is 0 Å². The summed E-state index contributed by atoms with van der Waals surface area (Å²) in [5.74, 6) is 1.58. The monoisotopic (exact) mass is 207 g/mol. The first-order chi connectivity index (χ1) is 7.31. The SMILES string of the molecule is CCN=C(N)N(Cc1ccco1)C1CC1. The van der Waals surface area contributed by atoms with Gasteiger partial charge in [0, 0.05) is 12.6 Å². The van der Waals surface area contributed by atoms with Crippen LogP contribution in [0, 0.1) is 0 Å². The molecule has 1 heterocycles. The quantitative estimate of drug-likeness (QED) is 0.602. The second-order valence-corrected chi connectivity index (χ2v) is 3.77. The maximum Gasteiger partial charge on any atom is 0.191 e. The first-order valence-electron chi connectivity index (χ1n) is 5.40. The molecule has 0 atom stereocenters. The summed E-state index contributed by atoms with van der Waals surface area (Å²) < 4.78 is 5.32. The average molecular weight is 207 g/mol. The minimum Gasteiger partial charge on any atom is -0.467 e. The van der Waals surface area contributed by atoms with Crippen LogP contribution in [0.15, 0.2) is 27.8 Å². The van der Waals surface area contributed by atoms with Crippen molar-refractivity contribution in [3.63, 3.8) is 0 Å². The lowest BCUT2D eigenvalue weighted by atomic mass is 10.4. The molecule has 2 rings (SSSR count). The normalized spacial score (nSPS) is 16.7. The third-order valence-corrected chi connectivity index (χ3v) is 2.51. The molecule has 4 nitrogen and oxygen atoms in total. The zero-order valence-corrected chi connectivity index (χ0v) is 9.02. The van der Waals surface area contributed by atoms with E-state index in [4.69, 9.17) is 10.2 Å². The zero-order chi connectivity index (χ0) is 10.7. The van der Waals surface area contributed by atoms with E-state index in [2.05, 4.69) is 9.89 Å². The molecule has 82 valence electrons. The van der Waals surface area contributed by atoms with Crippen LogP contribution in [0.2, 0.25) is 0 Å². The van der Waals surface area contributed by atoms with Crippen LogP contribution in [0.25, 0.3) is 0 Å². The van der Waals surface area contributed by atoms with E-state index in [-0.39, 0.29) is 0 Å². The maximum atomic E-state index is 5.92. The van der Waals surface area contributed by atoms with Crippen molar-refractivity contribution in [2.24, 2.45) is 10.7 Å². The molecule has 0 saturated heterocycles. The number of hydrogen-bond acceptors (Lipinski definition) is 2. The van der Waals surface area contributed by atoms with Gasteiger partial charge in [0.2, 0.25) is 0 Å². The van der Waals surface area contributed by atoms with Gasteiger partial charge in [-0.3, -0.25) is 4.99 Å². The average Bonchev–Trinajstić information content (AvgIpc) is 2.93. The van der Waals surface area contributed by atoms with Crippen LogP contribution in [-0.2, 0) is 6.54 Å². The third-order valence-electron chi connectivity index (χ3n) is 2.51. The van der Waals surface area contributed by atoms with E-state index in [0.717, 1.165) is 18.8 Å². The fourth-order valence-electron chi connectivity index (χ4n) is 1.61. The Balaban J connectivity index is 2.03. The van der Waals surface area contributed by atoms with Crippen molar-refractivity contribution < 1.29 is 4.42 Å². The molecule has 0 aliphatic heterocycles. The van der Waals surface area contributed by atoms with Crippen molar-refractivity contribution in [2.75, 3.05) is 6.54 Å². The molecule has 1 aliphatic rings. The Kier molecular flexibility index (Phi) is 2.94. The molecule has 1 aliphatic carbocycles. The summed E-state index contributed by atoms with van der Waals surface area (Å²) in [6.07, 6.45) is 4.11. The van der Waals surface area contributed by atoms with E-state index in [1.54, 1.807) is 6.26 Å². The summed E-state index contributed by atoms with van der Waals surface area (Å²) in [4.78, 5) is 6.37. The predicted molar refractivity (Wildman–Crippen MR) is 59.4 cm³/mol. The van der Waals surface area contributed by atoms with Gasteiger partial charge < -0.3 is 15.1 Å². The van der Waals surface area contributed by atoms with Crippen LogP contribution in [0.5, 0.6) is 0 Å². The summed E-state index contributed by atoms with van der Waals surface area (Å²) in [5, 5.41) is 0. The van der Waals surface area contributed by atoms with Gasteiger partial charge in [0.1, 0.15) is 5.76 Å². The molecular formula is C11H17N3O. The summed E-state index contributed by atoms with van der Waals surface area (Å²) >= 11 is 0. The Hall–Kier alpha value is -1.45. The predicted octanol–water partition coefficient (Wildman–Crippen LogP) is 1.58. The highest BCUT2D eigenvalue weighted by Gasteiger charge is 2.30. The number of aliphatic imine (C=N–C) groups is 1. The standard InChI is InChI=1S/C11H17N3O/c1-2-13-11(12)14(9-5-6-9)8-10-4-3-7-15-10/h3-4,7,9H,2,5-6,8H2,1H3,(H2,12,13). The van der Waals surface area contributed by atoms with Crippen molar-refractivity contribution >= 4 is 5.96 Å². The Bertz CT molecular complexity index is 328. The lowest BCUT2D eigenvalue weighted by Crippen LogP contribution is -2.38. The fourth-order valence-corrected chi connectivity index (χ4v) is 1.61. The van der Waals surface area contributed by atoms with Gasteiger partial charge in [0.15, 0.2) is 5.96 Å². The highest BCUT2D eigenvalue weighted by Crippen LogP contribution is 2.28. The lowest BCUT2D eigenvalue weighted by Gasteiger charge is -2.21. The molecule has 0 bridgehead atoms. The number of rotatable bonds is 4. The topological polar surface area (TPSA) is 54.8 Å². The van der Waals surface area contributed by atoms with Crippen molar-refractivity contribution in [3.8, 4) is 0 Å². The summed E-state index contributed by atoms with van der Waals surface area (Å²) in [5.41, 5.74) is 5.92. The van der Waals surface area contributed by atoms with E-state index in [1.807, 2.05) is 19.1 Å². The Labute approximate surface area is 89.8 Å².